The molecule has 0 radical (unpaired) electrons. The molecule has 0 saturated carbocycles. The minimum Gasteiger partial charge on any atom is -0.355 e. The van der Waals surface area contributed by atoms with Gasteiger partial charge in [0.25, 0.3) is 5.91 Å². The number of nitrogens with one attached hydrogen (secondary N) is 2. The van der Waals surface area contributed by atoms with Gasteiger partial charge in [0.05, 0.1) is 5.57 Å². The van der Waals surface area contributed by atoms with Crippen molar-refractivity contribution in [2.24, 2.45) is 5.10 Å². The van der Waals surface area contributed by atoms with Crippen molar-refractivity contribution in [1.82, 2.24) is 15.4 Å². The number of carbonyl (C=O) groups is 1. The van der Waals surface area contributed by atoms with E-state index in [0.717, 1.165) is 22.2 Å². The van der Waals surface area contributed by atoms with Crippen LogP contribution in [0.3, 0.4) is 0 Å². The highest BCUT2D eigenvalue weighted by Crippen LogP contribution is 2.20. The Balaban J connectivity index is 1.79. The summed E-state index contributed by atoms with van der Waals surface area (Å²) in [7, 11) is 0. The van der Waals surface area contributed by atoms with E-state index < -0.39 is 0 Å². The molecule has 3 heterocycles. The van der Waals surface area contributed by atoms with Gasteiger partial charge in [-0.2, -0.15) is 5.10 Å². The summed E-state index contributed by atoms with van der Waals surface area (Å²) >= 11 is 0. The first kappa shape index (κ1) is 12.5. The van der Waals surface area contributed by atoms with E-state index in [9.17, 15) is 4.79 Å². The molecule has 0 fully saturated rings. The summed E-state index contributed by atoms with van der Waals surface area (Å²) in [5.41, 5.74) is 6.36. The molecule has 106 valence electrons. The molecule has 0 spiro atoms. The minimum atomic E-state index is -0.211. The number of aromatic amines is 1. The van der Waals surface area contributed by atoms with E-state index in [-0.39, 0.29) is 5.91 Å². The van der Waals surface area contributed by atoms with Crippen molar-refractivity contribution < 1.29 is 4.79 Å². The monoisotopic (exact) mass is 288 g/mol. The summed E-state index contributed by atoms with van der Waals surface area (Å²) in [4.78, 5) is 19.4. The van der Waals surface area contributed by atoms with Gasteiger partial charge in [-0.3, -0.25) is 9.78 Å². The average Bonchev–Trinajstić information content (AvgIpc) is 3.12. The number of benzene rings is 1. The predicted octanol–water partition coefficient (Wildman–Crippen LogP) is 2.48. The molecule has 0 aliphatic carbocycles. The van der Waals surface area contributed by atoms with Gasteiger partial charge in [0.2, 0.25) is 0 Å². The second-order valence-corrected chi connectivity index (χ2v) is 5.01. The molecule has 2 aromatic heterocycles. The molecule has 5 nitrogen and oxygen atoms in total. The Morgan fingerprint density at radius 2 is 2.00 bits per heavy atom. The van der Waals surface area contributed by atoms with E-state index in [1.807, 2.05) is 48.5 Å². The van der Waals surface area contributed by atoms with E-state index in [0.29, 0.717) is 11.3 Å². The zero-order valence-corrected chi connectivity index (χ0v) is 11.6. The third-order valence-corrected chi connectivity index (χ3v) is 3.55. The summed E-state index contributed by atoms with van der Waals surface area (Å²) < 4.78 is 0. The molecule has 0 bridgehead atoms. The summed E-state index contributed by atoms with van der Waals surface area (Å²) in [6.45, 7) is 0. The van der Waals surface area contributed by atoms with Crippen molar-refractivity contribution in [2.45, 2.75) is 0 Å². The van der Waals surface area contributed by atoms with Gasteiger partial charge in [0.15, 0.2) is 0 Å². The lowest BCUT2D eigenvalue weighted by molar-refractivity contribution is -0.116. The lowest BCUT2D eigenvalue weighted by Gasteiger charge is -2.00. The average molecular weight is 288 g/mol. The van der Waals surface area contributed by atoms with Crippen LogP contribution in [0.15, 0.2) is 65.5 Å². The molecule has 5 heteroatoms. The second kappa shape index (κ2) is 4.96. The van der Waals surface area contributed by atoms with Crippen LogP contribution >= 0.6 is 0 Å². The fourth-order valence-corrected chi connectivity index (χ4v) is 2.52. The molecule has 0 unspecified atom stereocenters. The number of fused-ring (bicyclic) bond motifs is 1. The van der Waals surface area contributed by atoms with Crippen molar-refractivity contribution in [3.63, 3.8) is 0 Å². The molecule has 3 aromatic rings. The summed E-state index contributed by atoms with van der Waals surface area (Å²) in [6, 6.07) is 13.7. The van der Waals surface area contributed by atoms with Crippen LogP contribution < -0.4 is 5.43 Å². The molecule has 1 amide bonds. The number of amides is 1. The fourth-order valence-electron chi connectivity index (χ4n) is 2.52. The number of hydrogen-bond donors (Lipinski definition) is 2. The number of rotatable bonds is 2. The normalized spacial score (nSPS) is 16.1. The number of hydrazone groups is 1. The molecular weight excluding hydrogens is 276 g/mol. The molecule has 0 atom stereocenters. The van der Waals surface area contributed by atoms with Crippen molar-refractivity contribution in [2.75, 3.05) is 0 Å². The van der Waals surface area contributed by atoms with Crippen molar-refractivity contribution in [1.29, 1.82) is 0 Å². The Labute approximate surface area is 126 Å². The Hall–Kier alpha value is -3.21. The number of H-pyrrole nitrogens is 1. The third kappa shape index (κ3) is 2.09. The third-order valence-electron chi connectivity index (χ3n) is 3.55. The van der Waals surface area contributed by atoms with Gasteiger partial charge in [-0.25, -0.2) is 5.43 Å². The van der Waals surface area contributed by atoms with Crippen LogP contribution in [0.4, 0.5) is 0 Å². The molecule has 0 saturated heterocycles. The first-order chi connectivity index (χ1) is 10.8. The number of hydrogen-bond acceptors (Lipinski definition) is 3. The second-order valence-electron chi connectivity index (χ2n) is 5.01. The van der Waals surface area contributed by atoms with Crippen LogP contribution in [-0.4, -0.2) is 21.6 Å². The van der Waals surface area contributed by atoms with Crippen LogP contribution in [0.1, 0.15) is 11.3 Å². The van der Waals surface area contributed by atoms with Crippen LogP contribution in [0, 0.1) is 0 Å². The SMILES string of the molecule is O=C1NN=C(c2cccnc2)/C1=C\c1cc2ccccc2[nH]1. The van der Waals surface area contributed by atoms with Gasteiger partial charge < -0.3 is 4.98 Å². The molecule has 1 aliphatic heterocycles. The van der Waals surface area contributed by atoms with Gasteiger partial charge in [0, 0.05) is 29.2 Å². The number of para-hydroxylation sites is 1. The van der Waals surface area contributed by atoms with E-state index in [2.05, 4.69) is 20.5 Å². The summed E-state index contributed by atoms with van der Waals surface area (Å²) in [6.07, 6.45) is 5.20. The maximum atomic E-state index is 12.0. The minimum absolute atomic E-state index is 0.211. The first-order valence-corrected chi connectivity index (χ1v) is 6.89. The number of nitrogens with zero attached hydrogens (tertiary/aromatic N) is 2. The maximum absolute atomic E-state index is 12.0. The van der Waals surface area contributed by atoms with Crippen LogP contribution in [0.25, 0.3) is 17.0 Å². The molecule has 1 aliphatic rings. The zero-order valence-electron chi connectivity index (χ0n) is 11.6. The van der Waals surface area contributed by atoms with E-state index in [4.69, 9.17) is 0 Å². The topological polar surface area (TPSA) is 70.1 Å². The maximum Gasteiger partial charge on any atom is 0.273 e. The van der Waals surface area contributed by atoms with E-state index in [1.165, 1.54) is 0 Å². The number of carbonyl (C=O) groups excluding carboxylic acids is 1. The predicted molar refractivity (Wildman–Crippen MR) is 85.2 cm³/mol. The van der Waals surface area contributed by atoms with E-state index in [1.54, 1.807) is 12.4 Å². The lowest BCUT2D eigenvalue weighted by Crippen LogP contribution is -2.13. The largest absolute Gasteiger partial charge is 0.355 e. The molecule has 22 heavy (non-hydrogen) atoms. The smallest absolute Gasteiger partial charge is 0.273 e. The molecule has 2 N–H and O–H groups in total. The van der Waals surface area contributed by atoms with Crippen LogP contribution in [0.2, 0.25) is 0 Å². The van der Waals surface area contributed by atoms with Crippen molar-refractivity contribution in [3.8, 4) is 0 Å². The highest BCUT2D eigenvalue weighted by Gasteiger charge is 2.24. The first-order valence-electron chi connectivity index (χ1n) is 6.89. The molecular formula is C17H12N4O. The van der Waals surface area contributed by atoms with Gasteiger partial charge in [0.1, 0.15) is 5.71 Å². The Kier molecular flexibility index (Phi) is 2.83. The van der Waals surface area contributed by atoms with Crippen LogP contribution in [-0.2, 0) is 4.79 Å². The Morgan fingerprint density at radius 3 is 2.82 bits per heavy atom. The molecule has 4 rings (SSSR count). The highest BCUT2D eigenvalue weighted by atomic mass is 16.2. The fraction of sp³-hybridized carbons (Fsp3) is 0. The number of pyridine rings is 1. The Morgan fingerprint density at radius 1 is 1.09 bits per heavy atom. The lowest BCUT2D eigenvalue weighted by atomic mass is 10.0. The van der Waals surface area contributed by atoms with Gasteiger partial charge in [-0.15, -0.1) is 0 Å². The van der Waals surface area contributed by atoms with Crippen LogP contribution in [0.5, 0.6) is 0 Å². The van der Waals surface area contributed by atoms with Crippen molar-refractivity contribution >= 4 is 28.6 Å². The highest BCUT2D eigenvalue weighted by molar-refractivity contribution is 6.33. The van der Waals surface area contributed by atoms with E-state index >= 15 is 0 Å². The Bertz CT molecular complexity index is 889. The van der Waals surface area contributed by atoms with Gasteiger partial charge in [-0.1, -0.05) is 18.2 Å². The zero-order chi connectivity index (χ0) is 14.9. The quantitative estimate of drug-likeness (QED) is 0.711. The van der Waals surface area contributed by atoms with Gasteiger partial charge >= 0.3 is 0 Å². The summed E-state index contributed by atoms with van der Waals surface area (Å²) in [5.74, 6) is -0.211. The summed E-state index contributed by atoms with van der Waals surface area (Å²) in [5, 5.41) is 5.22. The number of aromatic nitrogens is 2. The molecule has 1 aromatic carbocycles. The van der Waals surface area contributed by atoms with Gasteiger partial charge in [-0.05, 0) is 35.7 Å². The van der Waals surface area contributed by atoms with Crippen molar-refractivity contribution in [3.05, 3.63) is 71.7 Å². The standard InChI is InChI=1S/C17H12N4O/c22-17-14(16(20-21-17)12-5-3-7-18-10-12)9-13-8-11-4-1-2-6-15(11)19-13/h1-10,19H,(H,21,22)/b14-9+.